The first-order chi connectivity index (χ1) is 9.26. The van der Waals surface area contributed by atoms with Gasteiger partial charge in [0.25, 0.3) is 5.91 Å². The van der Waals surface area contributed by atoms with Crippen molar-refractivity contribution < 1.29 is 4.79 Å². The first-order valence-electron chi connectivity index (χ1n) is 6.59. The molecular formula is C14H14N4O. The maximum absolute atomic E-state index is 11.5. The summed E-state index contributed by atoms with van der Waals surface area (Å²) in [6.45, 7) is 0. The molecular weight excluding hydrogens is 240 g/mol. The summed E-state index contributed by atoms with van der Waals surface area (Å²) >= 11 is 0. The minimum absolute atomic E-state index is 0.300. The van der Waals surface area contributed by atoms with Crippen molar-refractivity contribution in [2.75, 3.05) is 0 Å². The Morgan fingerprint density at radius 3 is 2.53 bits per heavy atom. The van der Waals surface area contributed by atoms with Crippen LogP contribution in [0.25, 0.3) is 11.0 Å². The van der Waals surface area contributed by atoms with Gasteiger partial charge in [0.1, 0.15) is 0 Å². The Morgan fingerprint density at radius 2 is 1.84 bits per heavy atom. The van der Waals surface area contributed by atoms with E-state index >= 15 is 0 Å². The van der Waals surface area contributed by atoms with E-state index in [1.54, 1.807) is 12.1 Å². The SMILES string of the molecule is NNC(=O)c1ccc2nc3c(nc2c1)[C@@H]1CC[C@@H]3C1. The smallest absolute Gasteiger partial charge is 0.265 e. The first-order valence-corrected chi connectivity index (χ1v) is 6.59. The Morgan fingerprint density at radius 1 is 1.16 bits per heavy atom. The second-order valence-electron chi connectivity index (χ2n) is 5.38. The van der Waals surface area contributed by atoms with Crippen LogP contribution in [0.15, 0.2) is 18.2 Å². The molecule has 5 heteroatoms. The van der Waals surface area contributed by atoms with Crippen molar-refractivity contribution >= 4 is 16.9 Å². The number of hydrazine groups is 1. The number of amides is 1. The summed E-state index contributed by atoms with van der Waals surface area (Å²) in [5, 5.41) is 0. The van der Waals surface area contributed by atoms with E-state index < -0.39 is 0 Å². The number of nitrogens with two attached hydrogens (primary N) is 1. The Balaban J connectivity index is 1.89. The van der Waals surface area contributed by atoms with Gasteiger partial charge in [-0.2, -0.15) is 0 Å². The monoisotopic (exact) mass is 254 g/mol. The summed E-state index contributed by atoms with van der Waals surface area (Å²) in [5.74, 6) is 6.03. The Hall–Kier alpha value is -2.01. The highest BCUT2D eigenvalue weighted by Gasteiger charge is 2.39. The Labute approximate surface area is 110 Å². The van der Waals surface area contributed by atoms with Crippen LogP contribution >= 0.6 is 0 Å². The normalized spacial score (nSPS) is 23.6. The number of nitrogens with zero attached hydrogens (tertiary/aromatic N) is 2. The van der Waals surface area contributed by atoms with Gasteiger partial charge >= 0.3 is 0 Å². The number of nitrogens with one attached hydrogen (secondary N) is 1. The summed E-state index contributed by atoms with van der Waals surface area (Å²) in [4.78, 5) is 21.0. The first kappa shape index (κ1) is 10.9. The third-order valence-corrected chi connectivity index (χ3v) is 4.32. The number of rotatable bonds is 1. The lowest BCUT2D eigenvalue weighted by Gasteiger charge is -2.14. The standard InChI is InChI=1S/C14H14N4O/c15-18-14(19)9-3-4-10-11(6-9)17-13-8-2-1-7(5-8)12(13)16-10/h3-4,6-8H,1-2,5,15H2,(H,18,19)/t7-,8-/m1/s1. The minimum Gasteiger partial charge on any atom is -0.290 e. The molecule has 1 heterocycles. The van der Waals surface area contributed by atoms with E-state index in [0.717, 1.165) is 16.7 Å². The van der Waals surface area contributed by atoms with E-state index in [1.165, 1.54) is 25.0 Å². The molecule has 2 aliphatic carbocycles. The molecule has 1 amide bonds. The average Bonchev–Trinajstić information content (AvgIpc) is 3.05. The molecule has 2 atom stereocenters. The molecule has 0 saturated heterocycles. The van der Waals surface area contributed by atoms with Crippen molar-refractivity contribution in [1.82, 2.24) is 15.4 Å². The molecule has 96 valence electrons. The highest BCUT2D eigenvalue weighted by Crippen LogP contribution is 2.51. The molecule has 2 aromatic rings. The van der Waals surface area contributed by atoms with Crippen molar-refractivity contribution in [2.24, 2.45) is 5.84 Å². The van der Waals surface area contributed by atoms with Gasteiger partial charge in [-0.15, -0.1) is 0 Å². The molecule has 1 aromatic heterocycles. The predicted molar refractivity (Wildman–Crippen MR) is 70.5 cm³/mol. The van der Waals surface area contributed by atoms with Gasteiger partial charge in [0.15, 0.2) is 0 Å². The molecule has 2 bridgehead atoms. The molecule has 0 spiro atoms. The molecule has 19 heavy (non-hydrogen) atoms. The van der Waals surface area contributed by atoms with E-state index in [0.29, 0.717) is 17.4 Å². The van der Waals surface area contributed by atoms with Crippen molar-refractivity contribution in [1.29, 1.82) is 0 Å². The third-order valence-electron chi connectivity index (χ3n) is 4.32. The molecule has 1 aromatic carbocycles. The zero-order chi connectivity index (χ0) is 13.0. The molecule has 2 aliphatic rings. The van der Waals surface area contributed by atoms with Gasteiger partial charge in [0.2, 0.25) is 0 Å². The van der Waals surface area contributed by atoms with Crippen LogP contribution in [0.4, 0.5) is 0 Å². The van der Waals surface area contributed by atoms with Crippen LogP contribution in [0.5, 0.6) is 0 Å². The fraction of sp³-hybridized carbons (Fsp3) is 0.357. The summed E-state index contributed by atoms with van der Waals surface area (Å²) in [6.07, 6.45) is 3.66. The zero-order valence-corrected chi connectivity index (χ0v) is 10.4. The highest BCUT2D eigenvalue weighted by molar-refractivity contribution is 5.96. The van der Waals surface area contributed by atoms with Crippen LogP contribution in [0.1, 0.15) is 52.8 Å². The predicted octanol–water partition coefficient (Wildman–Crippen LogP) is 1.60. The van der Waals surface area contributed by atoms with Crippen LogP contribution in [0.3, 0.4) is 0 Å². The lowest BCUT2D eigenvalue weighted by Crippen LogP contribution is -2.29. The lowest BCUT2D eigenvalue weighted by atomic mass is 10.00. The topological polar surface area (TPSA) is 80.9 Å². The van der Waals surface area contributed by atoms with Crippen molar-refractivity contribution in [3.8, 4) is 0 Å². The molecule has 3 N–H and O–H groups in total. The lowest BCUT2D eigenvalue weighted by molar-refractivity contribution is 0.0954. The van der Waals surface area contributed by atoms with Crippen LogP contribution in [0, 0.1) is 0 Å². The average molecular weight is 254 g/mol. The maximum Gasteiger partial charge on any atom is 0.265 e. The van der Waals surface area contributed by atoms with Crippen molar-refractivity contribution in [3.63, 3.8) is 0 Å². The Bertz CT molecular complexity index is 697. The zero-order valence-electron chi connectivity index (χ0n) is 10.4. The van der Waals surface area contributed by atoms with E-state index in [9.17, 15) is 4.79 Å². The molecule has 0 radical (unpaired) electrons. The van der Waals surface area contributed by atoms with Gasteiger partial charge in [0, 0.05) is 17.4 Å². The van der Waals surface area contributed by atoms with Gasteiger partial charge in [-0.1, -0.05) is 0 Å². The number of nitrogen functional groups attached to an aromatic ring is 1. The molecule has 1 saturated carbocycles. The highest BCUT2D eigenvalue weighted by atomic mass is 16.2. The number of hydrogen-bond donors (Lipinski definition) is 2. The Kier molecular flexibility index (Phi) is 2.14. The van der Waals surface area contributed by atoms with E-state index in [4.69, 9.17) is 15.8 Å². The maximum atomic E-state index is 11.5. The summed E-state index contributed by atoms with van der Waals surface area (Å²) < 4.78 is 0. The van der Waals surface area contributed by atoms with Gasteiger partial charge in [-0.25, -0.2) is 15.8 Å². The molecule has 5 nitrogen and oxygen atoms in total. The third kappa shape index (κ3) is 1.48. The summed E-state index contributed by atoms with van der Waals surface area (Å²) in [7, 11) is 0. The summed E-state index contributed by atoms with van der Waals surface area (Å²) in [6, 6.07) is 5.34. The molecule has 1 fully saturated rings. The van der Waals surface area contributed by atoms with Crippen molar-refractivity contribution in [3.05, 3.63) is 35.2 Å². The number of fused-ring (bicyclic) bond motifs is 6. The molecule has 0 aliphatic heterocycles. The largest absolute Gasteiger partial charge is 0.290 e. The van der Waals surface area contributed by atoms with E-state index in [-0.39, 0.29) is 5.91 Å². The quantitative estimate of drug-likeness (QED) is 0.460. The molecule has 4 rings (SSSR count). The van der Waals surface area contributed by atoms with Gasteiger partial charge in [-0.3, -0.25) is 10.2 Å². The van der Waals surface area contributed by atoms with Crippen LogP contribution in [-0.4, -0.2) is 15.9 Å². The second-order valence-corrected chi connectivity index (χ2v) is 5.38. The minimum atomic E-state index is -0.300. The number of hydrogen-bond acceptors (Lipinski definition) is 4. The van der Waals surface area contributed by atoms with Gasteiger partial charge < -0.3 is 0 Å². The number of carbonyl (C=O) groups is 1. The molecule has 0 unspecified atom stereocenters. The number of aromatic nitrogens is 2. The van der Waals surface area contributed by atoms with Crippen LogP contribution < -0.4 is 11.3 Å². The number of benzene rings is 1. The van der Waals surface area contributed by atoms with Gasteiger partial charge in [-0.05, 0) is 37.5 Å². The van der Waals surface area contributed by atoms with Crippen molar-refractivity contribution in [2.45, 2.75) is 31.1 Å². The van der Waals surface area contributed by atoms with E-state index in [1.807, 2.05) is 6.07 Å². The summed E-state index contributed by atoms with van der Waals surface area (Å²) in [5.41, 5.74) is 6.63. The fourth-order valence-corrected chi connectivity index (χ4v) is 3.39. The second kappa shape index (κ2) is 3.74. The fourth-order valence-electron chi connectivity index (χ4n) is 3.39. The van der Waals surface area contributed by atoms with Gasteiger partial charge in [0.05, 0.1) is 22.4 Å². The van der Waals surface area contributed by atoms with Crippen LogP contribution in [0.2, 0.25) is 0 Å². The number of carbonyl (C=O) groups excluding carboxylic acids is 1. The van der Waals surface area contributed by atoms with Crippen LogP contribution in [-0.2, 0) is 0 Å². The van der Waals surface area contributed by atoms with E-state index in [2.05, 4.69) is 5.43 Å².